The third-order valence-electron chi connectivity index (χ3n) is 4.23. The van der Waals surface area contributed by atoms with E-state index in [1.807, 2.05) is 36.4 Å². The summed E-state index contributed by atoms with van der Waals surface area (Å²) in [7, 11) is 1.65. The molecule has 2 aromatic rings. The van der Waals surface area contributed by atoms with Crippen LogP contribution in [0, 0.1) is 5.92 Å². The molecule has 0 saturated carbocycles. The number of hydrogen-bond donors (Lipinski definition) is 2. The minimum absolute atomic E-state index is 0.0593. The zero-order chi connectivity index (χ0) is 18.5. The molecule has 0 bridgehead atoms. The van der Waals surface area contributed by atoms with Gasteiger partial charge in [-0.05, 0) is 60.1 Å². The van der Waals surface area contributed by atoms with Crippen LogP contribution in [0.1, 0.15) is 25.5 Å². The molecule has 0 fully saturated rings. The molecule has 1 heterocycles. The highest BCUT2D eigenvalue weighted by atomic mass is 32.1. The van der Waals surface area contributed by atoms with Gasteiger partial charge in [0, 0.05) is 5.69 Å². The Labute approximate surface area is 159 Å². The molecule has 0 saturated heterocycles. The number of thiocarbonyl (C=S) groups is 1. The third-order valence-corrected chi connectivity index (χ3v) is 4.45. The van der Waals surface area contributed by atoms with Crippen molar-refractivity contribution in [2.45, 2.75) is 19.9 Å². The van der Waals surface area contributed by atoms with E-state index in [1.54, 1.807) is 7.11 Å². The Bertz CT molecular complexity index is 762. The van der Waals surface area contributed by atoms with Gasteiger partial charge in [0.05, 0.1) is 13.2 Å². The summed E-state index contributed by atoms with van der Waals surface area (Å²) in [5.74, 6) is 2.73. The van der Waals surface area contributed by atoms with Crippen molar-refractivity contribution in [3.8, 4) is 17.2 Å². The Morgan fingerprint density at radius 2 is 1.73 bits per heavy atom. The molecule has 6 heteroatoms. The van der Waals surface area contributed by atoms with Gasteiger partial charge in [-0.2, -0.15) is 0 Å². The van der Waals surface area contributed by atoms with Crippen molar-refractivity contribution in [1.29, 1.82) is 0 Å². The van der Waals surface area contributed by atoms with Gasteiger partial charge in [-0.1, -0.05) is 19.9 Å². The van der Waals surface area contributed by atoms with Crippen molar-refractivity contribution < 1.29 is 14.2 Å². The smallest absolute Gasteiger partial charge is 0.171 e. The van der Waals surface area contributed by atoms with Crippen LogP contribution in [0.4, 0.5) is 5.69 Å². The van der Waals surface area contributed by atoms with Crippen molar-refractivity contribution in [3.05, 3.63) is 48.0 Å². The number of benzene rings is 2. The first kappa shape index (κ1) is 18.3. The first-order valence-electron chi connectivity index (χ1n) is 8.68. The molecule has 0 aliphatic carbocycles. The SMILES string of the molecule is COc1ccc(NC(=S)N[C@H](c2ccc3c(c2)OCCO3)C(C)C)cc1. The van der Waals surface area contributed by atoms with Crippen molar-refractivity contribution in [3.63, 3.8) is 0 Å². The van der Waals surface area contributed by atoms with Gasteiger partial charge in [-0.15, -0.1) is 0 Å². The highest BCUT2D eigenvalue weighted by Gasteiger charge is 2.20. The Morgan fingerprint density at radius 1 is 1.04 bits per heavy atom. The Hall–Kier alpha value is -2.47. The first-order chi connectivity index (χ1) is 12.6. The lowest BCUT2D eigenvalue weighted by atomic mass is 9.95. The van der Waals surface area contributed by atoms with Gasteiger partial charge >= 0.3 is 0 Å². The molecule has 1 atom stereocenters. The molecule has 0 spiro atoms. The number of rotatable bonds is 5. The first-order valence-corrected chi connectivity index (χ1v) is 9.09. The maximum Gasteiger partial charge on any atom is 0.171 e. The molecule has 138 valence electrons. The summed E-state index contributed by atoms with van der Waals surface area (Å²) in [6.45, 7) is 5.48. The zero-order valence-electron chi connectivity index (χ0n) is 15.2. The normalized spacial score (nSPS) is 13.8. The predicted octanol–water partition coefficient (Wildman–Crippen LogP) is 4.15. The summed E-state index contributed by atoms with van der Waals surface area (Å²) in [5, 5.41) is 7.20. The lowest BCUT2D eigenvalue weighted by Crippen LogP contribution is -2.35. The number of methoxy groups -OCH3 is 1. The second-order valence-electron chi connectivity index (χ2n) is 6.45. The molecule has 5 nitrogen and oxygen atoms in total. The van der Waals surface area contributed by atoms with Gasteiger partial charge in [0.15, 0.2) is 16.6 Å². The monoisotopic (exact) mass is 372 g/mol. The molecule has 2 aromatic carbocycles. The highest BCUT2D eigenvalue weighted by Crippen LogP contribution is 2.34. The lowest BCUT2D eigenvalue weighted by Gasteiger charge is -2.26. The van der Waals surface area contributed by atoms with Crippen LogP contribution in [-0.2, 0) is 0 Å². The second-order valence-corrected chi connectivity index (χ2v) is 6.86. The Morgan fingerprint density at radius 3 is 2.38 bits per heavy atom. The van der Waals surface area contributed by atoms with Gasteiger partial charge in [0.25, 0.3) is 0 Å². The van der Waals surface area contributed by atoms with Crippen molar-refractivity contribution in [1.82, 2.24) is 5.32 Å². The summed E-state index contributed by atoms with van der Waals surface area (Å²) in [6, 6.07) is 13.8. The molecule has 26 heavy (non-hydrogen) atoms. The van der Waals surface area contributed by atoms with Crippen LogP contribution >= 0.6 is 12.2 Å². The van der Waals surface area contributed by atoms with E-state index in [4.69, 9.17) is 26.4 Å². The molecule has 1 aliphatic rings. The summed E-state index contributed by atoms with van der Waals surface area (Å²) in [5.41, 5.74) is 2.02. The van der Waals surface area contributed by atoms with Gasteiger partial charge in [0.2, 0.25) is 0 Å². The number of nitrogens with one attached hydrogen (secondary N) is 2. The fourth-order valence-corrected chi connectivity index (χ4v) is 3.12. The van der Waals surface area contributed by atoms with Crippen LogP contribution in [-0.4, -0.2) is 25.4 Å². The molecule has 3 rings (SSSR count). The van der Waals surface area contributed by atoms with E-state index < -0.39 is 0 Å². The fourth-order valence-electron chi connectivity index (χ4n) is 2.87. The van der Waals surface area contributed by atoms with Crippen molar-refractivity contribution in [2.24, 2.45) is 5.92 Å². The predicted molar refractivity (Wildman–Crippen MR) is 107 cm³/mol. The van der Waals surface area contributed by atoms with E-state index in [1.165, 1.54) is 0 Å². The topological polar surface area (TPSA) is 51.8 Å². The van der Waals surface area contributed by atoms with Crippen LogP contribution in [0.3, 0.4) is 0 Å². The third kappa shape index (κ3) is 4.38. The minimum Gasteiger partial charge on any atom is -0.497 e. The Kier molecular flexibility index (Phi) is 5.83. The average Bonchev–Trinajstić information content (AvgIpc) is 2.66. The summed E-state index contributed by atoms with van der Waals surface area (Å²) in [4.78, 5) is 0. The van der Waals surface area contributed by atoms with E-state index in [9.17, 15) is 0 Å². The van der Waals surface area contributed by atoms with E-state index in [-0.39, 0.29) is 6.04 Å². The largest absolute Gasteiger partial charge is 0.497 e. The van der Waals surface area contributed by atoms with E-state index in [2.05, 4.69) is 30.5 Å². The van der Waals surface area contributed by atoms with Gasteiger partial charge in [0.1, 0.15) is 19.0 Å². The molecular weight excluding hydrogens is 348 g/mol. The van der Waals surface area contributed by atoms with Crippen LogP contribution in [0.2, 0.25) is 0 Å². The van der Waals surface area contributed by atoms with E-state index in [0.29, 0.717) is 24.2 Å². The number of ether oxygens (including phenoxy) is 3. The van der Waals surface area contributed by atoms with Crippen LogP contribution in [0.15, 0.2) is 42.5 Å². The second kappa shape index (κ2) is 8.27. The lowest BCUT2D eigenvalue weighted by molar-refractivity contribution is 0.171. The van der Waals surface area contributed by atoms with Crippen LogP contribution in [0.25, 0.3) is 0 Å². The molecule has 1 aliphatic heterocycles. The maximum atomic E-state index is 5.70. The fraction of sp³-hybridized carbons (Fsp3) is 0.350. The van der Waals surface area contributed by atoms with Crippen molar-refractivity contribution >= 4 is 23.0 Å². The summed E-state index contributed by atoms with van der Waals surface area (Å²) < 4.78 is 16.5. The molecule has 0 radical (unpaired) electrons. The van der Waals surface area contributed by atoms with E-state index in [0.717, 1.165) is 28.5 Å². The number of anilines is 1. The minimum atomic E-state index is 0.0593. The van der Waals surface area contributed by atoms with Crippen LogP contribution < -0.4 is 24.8 Å². The Balaban J connectivity index is 1.70. The zero-order valence-corrected chi connectivity index (χ0v) is 16.1. The number of hydrogen-bond acceptors (Lipinski definition) is 4. The molecule has 2 N–H and O–H groups in total. The highest BCUT2D eigenvalue weighted by molar-refractivity contribution is 7.80. The molecular formula is C20H24N2O3S. The average molecular weight is 372 g/mol. The molecule has 0 unspecified atom stereocenters. The summed E-state index contributed by atoms with van der Waals surface area (Å²) in [6.07, 6.45) is 0. The van der Waals surface area contributed by atoms with Gasteiger partial charge in [-0.3, -0.25) is 0 Å². The van der Waals surface area contributed by atoms with Crippen molar-refractivity contribution in [2.75, 3.05) is 25.6 Å². The maximum absolute atomic E-state index is 5.70. The van der Waals surface area contributed by atoms with Gasteiger partial charge in [-0.25, -0.2) is 0 Å². The standard InChI is InChI=1S/C20H24N2O3S/c1-13(2)19(14-4-9-17-18(12-14)25-11-10-24-17)22-20(26)21-15-5-7-16(23-3)8-6-15/h4-9,12-13,19H,10-11H2,1-3H3,(H2,21,22,26)/t19-/m0/s1. The quantitative estimate of drug-likeness (QED) is 0.769. The summed E-state index contributed by atoms with van der Waals surface area (Å²) >= 11 is 5.50. The van der Waals surface area contributed by atoms with Gasteiger partial charge < -0.3 is 24.8 Å². The number of fused-ring (bicyclic) bond motifs is 1. The van der Waals surface area contributed by atoms with Crippen LogP contribution in [0.5, 0.6) is 17.2 Å². The molecule has 0 aromatic heterocycles. The molecule has 0 amide bonds. The van der Waals surface area contributed by atoms with E-state index >= 15 is 0 Å².